The van der Waals surface area contributed by atoms with E-state index in [1.165, 1.54) is 12.3 Å². The van der Waals surface area contributed by atoms with Crippen molar-refractivity contribution in [2.24, 2.45) is 0 Å². The Morgan fingerprint density at radius 1 is 1.15 bits per heavy atom. The molecule has 0 saturated carbocycles. The molecule has 26 heavy (non-hydrogen) atoms. The molecule has 2 aromatic carbocycles. The number of carbonyl (C=O) groups excluding carboxylic acids is 1. The third-order valence-corrected chi connectivity index (χ3v) is 4.65. The second-order valence-electron chi connectivity index (χ2n) is 6.42. The molecule has 0 radical (unpaired) electrons. The summed E-state index contributed by atoms with van der Waals surface area (Å²) in [7, 11) is 0. The van der Waals surface area contributed by atoms with Crippen LogP contribution < -0.4 is 4.74 Å². The quantitative estimate of drug-likeness (QED) is 0.697. The highest BCUT2D eigenvalue weighted by Gasteiger charge is 2.19. The van der Waals surface area contributed by atoms with Crippen LogP contribution in [0, 0.1) is 5.82 Å². The Balaban J connectivity index is 1.62. The molecule has 1 aliphatic rings. The van der Waals surface area contributed by atoms with Gasteiger partial charge in [0.25, 0.3) is 0 Å². The third-order valence-electron chi connectivity index (χ3n) is 4.65. The molecular weight excluding hydrogens is 331 g/mol. The predicted octanol–water partition coefficient (Wildman–Crippen LogP) is 4.04. The normalized spacial score (nSPS) is 14.2. The first-order chi connectivity index (χ1) is 12.7. The second-order valence-corrected chi connectivity index (χ2v) is 6.42. The highest BCUT2D eigenvalue weighted by atomic mass is 19.1. The molecule has 0 spiro atoms. The molecule has 0 N–H and O–H groups in total. The van der Waals surface area contributed by atoms with Crippen molar-refractivity contribution >= 4 is 16.7 Å². The monoisotopic (exact) mass is 350 g/mol. The SMILES string of the molecule is O=C1CCCN1CCOc1cc(-c2cncc(F)c2)c2ccccc2c1. The van der Waals surface area contributed by atoms with E-state index < -0.39 is 0 Å². The van der Waals surface area contributed by atoms with Crippen molar-refractivity contribution in [2.75, 3.05) is 19.7 Å². The molecule has 1 fully saturated rings. The average Bonchev–Trinajstić information content (AvgIpc) is 3.06. The van der Waals surface area contributed by atoms with E-state index in [0.717, 1.165) is 29.3 Å². The molecule has 4 rings (SSSR count). The molecule has 0 atom stereocenters. The predicted molar refractivity (Wildman–Crippen MR) is 98.4 cm³/mol. The van der Waals surface area contributed by atoms with Crippen LogP contribution in [0.1, 0.15) is 12.8 Å². The van der Waals surface area contributed by atoms with Gasteiger partial charge >= 0.3 is 0 Å². The minimum Gasteiger partial charge on any atom is -0.492 e. The molecule has 5 heteroatoms. The lowest BCUT2D eigenvalue weighted by Crippen LogP contribution is -2.29. The van der Waals surface area contributed by atoms with Crippen molar-refractivity contribution in [2.45, 2.75) is 12.8 Å². The van der Waals surface area contributed by atoms with Gasteiger partial charge in [0.1, 0.15) is 18.2 Å². The van der Waals surface area contributed by atoms with Gasteiger partial charge in [-0.15, -0.1) is 0 Å². The Kier molecular flexibility index (Phi) is 4.52. The highest BCUT2D eigenvalue weighted by Crippen LogP contribution is 2.33. The lowest BCUT2D eigenvalue weighted by Gasteiger charge is -2.17. The summed E-state index contributed by atoms with van der Waals surface area (Å²) in [5, 5.41) is 2.03. The molecule has 0 unspecified atom stereocenters. The molecule has 1 aromatic heterocycles. The van der Waals surface area contributed by atoms with Crippen LogP contribution in [0.25, 0.3) is 21.9 Å². The van der Waals surface area contributed by atoms with Crippen molar-refractivity contribution in [3.8, 4) is 16.9 Å². The van der Waals surface area contributed by atoms with Gasteiger partial charge in [0, 0.05) is 24.7 Å². The van der Waals surface area contributed by atoms with Gasteiger partial charge in [0.05, 0.1) is 12.7 Å². The number of hydrogen-bond donors (Lipinski definition) is 0. The van der Waals surface area contributed by atoms with E-state index in [9.17, 15) is 9.18 Å². The summed E-state index contributed by atoms with van der Waals surface area (Å²) in [6.45, 7) is 1.83. The molecule has 3 aromatic rings. The molecule has 0 aliphatic carbocycles. The zero-order valence-corrected chi connectivity index (χ0v) is 14.3. The minimum absolute atomic E-state index is 0.193. The van der Waals surface area contributed by atoms with Gasteiger partial charge in [0.15, 0.2) is 0 Å². The van der Waals surface area contributed by atoms with Crippen molar-refractivity contribution in [1.29, 1.82) is 0 Å². The van der Waals surface area contributed by atoms with Crippen LogP contribution in [-0.4, -0.2) is 35.5 Å². The highest BCUT2D eigenvalue weighted by molar-refractivity contribution is 5.97. The van der Waals surface area contributed by atoms with E-state index in [2.05, 4.69) is 4.98 Å². The van der Waals surface area contributed by atoms with E-state index in [-0.39, 0.29) is 11.7 Å². The summed E-state index contributed by atoms with van der Waals surface area (Å²) in [6, 6.07) is 13.3. The van der Waals surface area contributed by atoms with Gasteiger partial charge in [-0.05, 0) is 41.0 Å². The van der Waals surface area contributed by atoms with Crippen LogP contribution in [-0.2, 0) is 4.79 Å². The second kappa shape index (κ2) is 7.12. The number of pyridine rings is 1. The van der Waals surface area contributed by atoms with Gasteiger partial charge in [-0.3, -0.25) is 9.78 Å². The zero-order valence-electron chi connectivity index (χ0n) is 14.3. The topological polar surface area (TPSA) is 42.4 Å². The van der Waals surface area contributed by atoms with Gasteiger partial charge < -0.3 is 9.64 Å². The van der Waals surface area contributed by atoms with Crippen LogP contribution in [0.5, 0.6) is 5.75 Å². The molecule has 1 aliphatic heterocycles. The van der Waals surface area contributed by atoms with Crippen molar-refractivity contribution in [3.63, 3.8) is 0 Å². The summed E-state index contributed by atoms with van der Waals surface area (Å²) in [6.07, 6.45) is 4.40. The van der Waals surface area contributed by atoms with Gasteiger partial charge in [-0.2, -0.15) is 0 Å². The van der Waals surface area contributed by atoms with E-state index in [1.54, 1.807) is 6.20 Å². The maximum Gasteiger partial charge on any atom is 0.222 e. The number of hydrogen-bond acceptors (Lipinski definition) is 3. The molecule has 4 nitrogen and oxygen atoms in total. The summed E-state index contributed by atoms with van der Waals surface area (Å²) >= 11 is 0. The Morgan fingerprint density at radius 2 is 2.04 bits per heavy atom. The van der Waals surface area contributed by atoms with Gasteiger partial charge in [-0.25, -0.2) is 4.39 Å². The summed E-state index contributed by atoms with van der Waals surface area (Å²) in [5.74, 6) is 0.527. The number of likely N-dealkylation sites (tertiary alicyclic amines) is 1. The Morgan fingerprint density at radius 3 is 2.85 bits per heavy atom. The number of halogens is 1. The van der Waals surface area contributed by atoms with Crippen LogP contribution in [0.2, 0.25) is 0 Å². The minimum atomic E-state index is -0.370. The number of ether oxygens (including phenoxy) is 1. The van der Waals surface area contributed by atoms with Crippen molar-refractivity contribution in [1.82, 2.24) is 9.88 Å². The largest absolute Gasteiger partial charge is 0.492 e. The fourth-order valence-electron chi connectivity index (χ4n) is 3.38. The summed E-state index contributed by atoms with van der Waals surface area (Å²) in [4.78, 5) is 17.5. The number of fused-ring (bicyclic) bond motifs is 1. The van der Waals surface area contributed by atoms with E-state index in [0.29, 0.717) is 30.9 Å². The molecule has 1 amide bonds. The Bertz CT molecular complexity index is 958. The number of rotatable bonds is 5. The number of carbonyl (C=O) groups is 1. The molecular formula is C21H19FN2O2. The lowest BCUT2D eigenvalue weighted by molar-refractivity contribution is -0.128. The molecule has 132 valence electrons. The average molecular weight is 350 g/mol. The molecule has 0 bridgehead atoms. The van der Waals surface area contributed by atoms with Crippen LogP contribution in [0.15, 0.2) is 54.9 Å². The first-order valence-electron chi connectivity index (χ1n) is 8.75. The smallest absolute Gasteiger partial charge is 0.222 e. The number of aromatic nitrogens is 1. The third kappa shape index (κ3) is 3.38. The summed E-state index contributed by atoms with van der Waals surface area (Å²) < 4.78 is 19.5. The maximum absolute atomic E-state index is 13.6. The molecule has 2 heterocycles. The summed E-state index contributed by atoms with van der Waals surface area (Å²) in [5.41, 5.74) is 1.59. The van der Waals surface area contributed by atoms with Crippen LogP contribution >= 0.6 is 0 Å². The first-order valence-corrected chi connectivity index (χ1v) is 8.75. The van der Waals surface area contributed by atoms with E-state index >= 15 is 0 Å². The maximum atomic E-state index is 13.6. The lowest BCUT2D eigenvalue weighted by atomic mass is 9.99. The standard InChI is InChI=1S/C21H19FN2O2/c22-17-10-16(13-23-14-17)20-12-18(11-15-4-1-2-5-19(15)20)26-9-8-24-7-3-6-21(24)25/h1-2,4-5,10-14H,3,6-9H2. The van der Waals surface area contributed by atoms with Crippen molar-refractivity contribution in [3.05, 3.63) is 60.7 Å². The zero-order chi connectivity index (χ0) is 17.9. The molecule has 1 saturated heterocycles. The first kappa shape index (κ1) is 16.5. The fourth-order valence-corrected chi connectivity index (χ4v) is 3.38. The Hall–Kier alpha value is -2.95. The fraction of sp³-hybridized carbons (Fsp3) is 0.238. The van der Waals surface area contributed by atoms with E-state index in [1.807, 2.05) is 41.3 Å². The van der Waals surface area contributed by atoms with Crippen molar-refractivity contribution < 1.29 is 13.9 Å². The van der Waals surface area contributed by atoms with Gasteiger partial charge in [0.2, 0.25) is 5.91 Å². The number of benzene rings is 2. The Labute approximate surface area is 151 Å². The van der Waals surface area contributed by atoms with Crippen LogP contribution in [0.3, 0.4) is 0 Å². The number of amides is 1. The van der Waals surface area contributed by atoms with Gasteiger partial charge in [-0.1, -0.05) is 24.3 Å². The van der Waals surface area contributed by atoms with E-state index in [4.69, 9.17) is 4.74 Å². The number of nitrogens with zero attached hydrogens (tertiary/aromatic N) is 2. The van der Waals surface area contributed by atoms with Crippen LogP contribution in [0.4, 0.5) is 4.39 Å².